The van der Waals surface area contributed by atoms with Crippen molar-refractivity contribution >= 4 is 16.9 Å². The van der Waals surface area contributed by atoms with Gasteiger partial charge in [-0.25, -0.2) is 9.78 Å². The Bertz CT molecular complexity index is 796. The van der Waals surface area contributed by atoms with Gasteiger partial charge in [-0.2, -0.15) is 0 Å². The van der Waals surface area contributed by atoms with Crippen molar-refractivity contribution in [3.8, 4) is 5.82 Å². The molecule has 2 heterocycles. The lowest BCUT2D eigenvalue weighted by Crippen LogP contribution is -2.18. The van der Waals surface area contributed by atoms with Crippen LogP contribution in [0.25, 0.3) is 16.7 Å². The van der Waals surface area contributed by atoms with Crippen molar-refractivity contribution in [1.29, 1.82) is 0 Å². The molecule has 112 valence electrons. The molecule has 0 saturated carbocycles. The normalized spacial score (nSPS) is 12.3. The summed E-state index contributed by atoms with van der Waals surface area (Å²) in [7, 11) is 0. The lowest BCUT2D eigenvalue weighted by atomic mass is 10.2. The fourth-order valence-corrected chi connectivity index (χ4v) is 2.46. The SMILES string of the molecule is CCOC(=O)C(O)c1cc2ccccc2n1-c1ccccn1. The predicted octanol–water partition coefficient (Wildman–Crippen LogP) is 2.62. The van der Waals surface area contributed by atoms with Crippen LogP contribution in [0, 0.1) is 0 Å². The van der Waals surface area contributed by atoms with Gasteiger partial charge < -0.3 is 9.84 Å². The van der Waals surface area contributed by atoms with Gasteiger partial charge in [-0.3, -0.25) is 4.57 Å². The molecule has 5 nitrogen and oxygen atoms in total. The molecule has 1 unspecified atom stereocenters. The Labute approximate surface area is 127 Å². The molecule has 0 spiro atoms. The molecule has 1 N–H and O–H groups in total. The molecule has 22 heavy (non-hydrogen) atoms. The number of carbonyl (C=O) groups is 1. The van der Waals surface area contributed by atoms with E-state index in [1.54, 1.807) is 23.8 Å². The van der Waals surface area contributed by atoms with Crippen LogP contribution in [0.15, 0.2) is 54.7 Å². The number of para-hydroxylation sites is 1. The molecule has 3 rings (SSSR count). The molecule has 0 fully saturated rings. The highest BCUT2D eigenvalue weighted by Crippen LogP contribution is 2.28. The second kappa shape index (κ2) is 5.99. The average molecular weight is 296 g/mol. The first-order valence-corrected chi connectivity index (χ1v) is 7.09. The van der Waals surface area contributed by atoms with Crippen molar-refractivity contribution in [2.75, 3.05) is 6.61 Å². The minimum Gasteiger partial charge on any atom is -0.464 e. The summed E-state index contributed by atoms with van der Waals surface area (Å²) < 4.78 is 6.70. The summed E-state index contributed by atoms with van der Waals surface area (Å²) >= 11 is 0. The largest absolute Gasteiger partial charge is 0.464 e. The molecule has 0 aliphatic heterocycles. The van der Waals surface area contributed by atoms with E-state index in [-0.39, 0.29) is 6.61 Å². The Balaban J connectivity index is 2.19. The Kier molecular flexibility index (Phi) is 3.89. The number of aliphatic hydroxyl groups is 1. The van der Waals surface area contributed by atoms with Crippen LogP contribution >= 0.6 is 0 Å². The van der Waals surface area contributed by atoms with E-state index < -0.39 is 12.1 Å². The summed E-state index contributed by atoms with van der Waals surface area (Å²) in [4.78, 5) is 16.2. The van der Waals surface area contributed by atoms with Crippen LogP contribution in [0.5, 0.6) is 0 Å². The van der Waals surface area contributed by atoms with Gasteiger partial charge in [-0.15, -0.1) is 0 Å². The van der Waals surface area contributed by atoms with Gasteiger partial charge in [0.1, 0.15) is 5.82 Å². The molecule has 0 saturated heterocycles. The first kappa shape index (κ1) is 14.3. The summed E-state index contributed by atoms with van der Waals surface area (Å²) in [5.74, 6) is -0.0236. The maximum atomic E-state index is 11.9. The summed E-state index contributed by atoms with van der Waals surface area (Å²) in [5.41, 5.74) is 1.32. The van der Waals surface area contributed by atoms with Crippen LogP contribution in [0.2, 0.25) is 0 Å². The molecule has 0 aliphatic carbocycles. The second-order valence-corrected chi connectivity index (χ2v) is 4.81. The van der Waals surface area contributed by atoms with E-state index in [4.69, 9.17) is 4.74 Å². The Morgan fingerprint density at radius 3 is 2.77 bits per heavy atom. The number of esters is 1. The third-order valence-corrected chi connectivity index (χ3v) is 3.41. The zero-order chi connectivity index (χ0) is 15.5. The number of fused-ring (bicyclic) bond motifs is 1. The van der Waals surface area contributed by atoms with E-state index in [1.165, 1.54) is 0 Å². The van der Waals surface area contributed by atoms with Crippen molar-refractivity contribution in [2.45, 2.75) is 13.0 Å². The zero-order valence-electron chi connectivity index (χ0n) is 12.1. The van der Waals surface area contributed by atoms with Gasteiger partial charge >= 0.3 is 5.97 Å². The van der Waals surface area contributed by atoms with Crippen LogP contribution in [0.4, 0.5) is 0 Å². The highest BCUT2D eigenvalue weighted by Gasteiger charge is 2.24. The molecule has 0 amide bonds. The number of ether oxygens (including phenoxy) is 1. The number of aromatic nitrogens is 2. The van der Waals surface area contributed by atoms with Crippen LogP contribution < -0.4 is 0 Å². The van der Waals surface area contributed by atoms with E-state index >= 15 is 0 Å². The van der Waals surface area contributed by atoms with Gasteiger partial charge in [-0.05, 0) is 31.2 Å². The third-order valence-electron chi connectivity index (χ3n) is 3.41. The molecule has 0 aliphatic rings. The van der Waals surface area contributed by atoms with Crippen molar-refractivity contribution < 1.29 is 14.6 Å². The maximum Gasteiger partial charge on any atom is 0.341 e. The molecule has 5 heteroatoms. The number of benzene rings is 1. The van der Waals surface area contributed by atoms with Crippen LogP contribution in [0.1, 0.15) is 18.7 Å². The molecular formula is C17H16N2O3. The number of nitrogens with zero attached hydrogens (tertiary/aromatic N) is 2. The van der Waals surface area contributed by atoms with E-state index in [0.717, 1.165) is 10.9 Å². The molecule has 3 aromatic rings. The molecule has 1 aromatic carbocycles. The second-order valence-electron chi connectivity index (χ2n) is 4.81. The average Bonchev–Trinajstić information content (AvgIpc) is 2.94. The number of hydrogen-bond acceptors (Lipinski definition) is 4. The zero-order valence-corrected chi connectivity index (χ0v) is 12.1. The lowest BCUT2D eigenvalue weighted by Gasteiger charge is -2.14. The van der Waals surface area contributed by atoms with Gasteiger partial charge in [0.2, 0.25) is 0 Å². The quantitative estimate of drug-likeness (QED) is 0.752. The molecule has 0 radical (unpaired) electrons. The fourth-order valence-electron chi connectivity index (χ4n) is 2.46. The van der Waals surface area contributed by atoms with E-state index in [9.17, 15) is 9.90 Å². The summed E-state index contributed by atoms with van der Waals surface area (Å²) in [6.07, 6.45) is 0.319. The number of carbonyl (C=O) groups excluding carboxylic acids is 1. The first-order valence-electron chi connectivity index (χ1n) is 7.09. The van der Waals surface area contributed by atoms with Gasteiger partial charge in [0.05, 0.1) is 17.8 Å². The molecule has 0 bridgehead atoms. The third kappa shape index (κ3) is 2.46. The van der Waals surface area contributed by atoms with Crippen molar-refractivity contribution in [2.24, 2.45) is 0 Å². The lowest BCUT2D eigenvalue weighted by molar-refractivity contribution is -0.153. The molecule has 1 atom stereocenters. The van der Waals surface area contributed by atoms with E-state index in [0.29, 0.717) is 11.5 Å². The Morgan fingerprint density at radius 2 is 2.05 bits per heavy atom. The predicted molar refractivity (Wildman–Crippen MR) is 82.7 cm³/mol. The smallest absolute Gasteiger partial charge is 0.341 e. The fraction of sp³-hybridized carbons (Fsp3) is 0.176. The minimum absolute atomic E-state index is 0.222. The van der Waals surface area contributed by atoms with Crippen LogP contribution in [-0.2, 0) is 9.53 Å². The van der Waals surface area contributed by atoms with Crippen molar-refractivity contribution in [3.05, 3.63) is 60.4 Å². The summed E-state index contributed by atoms with van der Waals surface area (Å²) in [6.45, 7) is 1.93. The van der Waals surface area contributed by atoms with Crippen LogP contribution in [0.3, 0.4) is 0 Å². The van der Waals surface area contributed by atoms with E-state index in [1.807, 2.05) is 42.5 Å². The van der Waals surface area contributed by atoms with Gasteiger partial charge in [0, 0.05) is 11.6 Å². The molecular weight excluding hydrogens is 280 g/mol. The monoisotopic (exact) mass is 296 g/mol. The number of rotatable bonds is 4. The minimum atomic E-state index is -1.35. The summed E-state index contributed by atoms with van der Waals surface area (Å²) in [5, 5.41) is 11.3. The summed E-state index contributed by atoms with van der Waals surface area (Å²) in [6, 6.07) is 14.9. The van der Waals surface area contributed by atoms with Gasteiger partial charge in [0.15, 0.2) is 6.10 Å². The van der Waals surface area contributed by atoms with Crippen LogP contribution in [-0.4, -0.2) is 27.2 Å². The number of hydrogen-bond donors (Lipinski definition) is 1. The Hall–Kier alpha value is -2.66. The van der Waals surface area contributed by atoms with Crippen molar-refractivity contribution in [3.63, 3.8) is 0 Å². The highest BCUT2D eigenvalue weighted by molar-refractivity contribution is 5.86. The highest BCUT2D eigenvalue weighted by atomic mass is 16.5. The first-order chi connectivity index (χ1) is 10.7. The topological polar surface area (TPSA) is 64.3 Å². The standard InChI is InChI=1S/C17H16N2O3/c1-2-22-17(21)16(20)14-11-12-7-3-4-8-13(12)19(14)15-9-5-6-10-18-15/h3-11,16,20H,2H2,1H3. The van der Waals surface area contributed by atoms with Crippen molar-refractivity contribution in [1.82, 2.24) is 9.55 Å². The Morgan fingerprint density at radius 1 is 1.27 bits per heavy atom. The van der Waals surface area contributed by atoms with E-state index in [2.05, 4.69) is 4.98 Å². The van der Waals surface area contributed by atoms with Gasteiger partial charge in [-0.1, -0.05) is 24.3 Å². The number of aliphatic hydroxyl groups excluding tert-OH is 1. The maximum absolute atomic E-state index is 11.9. The van der Waals surface area contributed by atoms with Gasteiger partial charge in [0.25, 0.3) is 0 Å². The molecule has 2 aromatic heterocycles. The number of pyridine rings is 1.